The molecule has 0 aliphatic heterocycles. The van der Waals surface area contributed by atoms with Gasteiger partial charge in [-0.25, -0.2) is 10.8 Å². The summed E-state index contributed by atoms with van der Waals surface area (Å²) in [5, 5.41) is 8.61. The SMILES string of the molecule is Cc1cc2c(NCc3cnn(C)c3C)nc(NN)nc2s1. The summed E-state index contributed by atoms with van der Waals surface area (Å²) in [6.07, 6.45) is 1.86. The van der Waals surface area contributed by atoms with Gasteiger partial charge in [-0.2, -0.15) is 10.1 Å². The number of thiophene rings is 1. The average molecular weight is 303 g/mol. The Labute approximate surface area is 126 Å². The predicted molar refractivity (Wildman–Crippen MR) is 85.2 cm³/mol. The summed E-state index contributed by atoms with van der Waals surface area (Å²) in [5.41, 5.74) is 4.78. The topological polar surface area (TPSA) is 93.7 Å². The van der Waals surface area contributed by atoms with E-state index in [0.717, 1.165) is 27.3 Å². The van der Waals surface area contributed by atoms with Crippen molar-refractivity contribution in [3.8, 4) is 0 Å². The first-order chi connectivity index (χ1) is 10.1. The Balaban J connectivity index is 1.93. The number of fused-ring (bicyclic) bond motifs is 1. The van der Waals surface area contributed by atoms with Crippen LogP contribution < -0.4 is 16.6 Å². The van der Waals surface area contributed by atoms with Gasteiger partial charge in [0.05, 0.1) is 11.6 Å². The van der Waals surface area contributed by atoms with Crippen LogP contribution in [0.3, 0.4) is 0 Å². The highest BCUT2D eigenvalue weighted by Crippen LogP contribution is 2.29. The first-order valence-corrected chi connectivity index (χ1v) is 7.36. The largest absolute Gasteiger partial charge is 0.365 e. The van der Waals surface area contributed by atoms with Crippen molar-refractivity contribution in [2.24, 2.45) is 12.9 Å². The lowest BCUT2D eigenvalue weighted by atomic mass is 10.2. The van der Waals surface area contributed by atoms with E-state index in [2.05, 4.69) is 38.8 Å². The molecule has 0 bridgehead atoms. The first-order valence-electron chi connectivity index (χ1n) is 6.54. The van der Waals surface area contributed by atoms with Crippen molar-refractivity contribution in [2.45, 2.75) is 20.4 Å². The van der Waals surface area contributed by atoms with Crippen molar-refractivity contribution in [1.29, 1.82) is 0 Å². The molecule has 0 radical (unpaired) electrons. The number of aromatic nitrogens is 4. The number of aryl methyl sites for hydroxylation is 2. The van der Waals surface area contributed by atoms with Crippen LogP contribution in [0.2, 0.25) is 0 Å². The third-order valence-corrected chi connectivity index (χ3v) is 4.37. The van der Waals surface area contributed by atoms with Gasteiger partial charge in [0, 0.05) is 29.7 Å². The third kappa shape index (κ3) is 2.55. The molecule has 0 saturated carbocycles. The van der Waals surface area contributed by atoms with Gasteiger partial charge in [-0.05, 0) is 19.9 Å². The quantitative estimate of drug-likeness (QED) is 0.504. The lowest BCUT2D eigenvalue weighted by Crippen LogP contribution is -2.12. The summed E-state index contributed by atoms with van der Waals surface area (Å²) in [7, 11) is 1.93. The van der Waals surface area contributed by atoms with Gasteiger partial charge >= 0.3 is 0 Å². The molecule has 3 aromatic heterocycles. The van der Waals surface area contributed by atoms with Gasteiger partial charge in [0.25, 0.3) is 0 Å². The number of hydrazine groups is 1. The Bertz CT molecular complexity index is 789. The molecule has 0 unspecified atom stereocenters. The number of anilines is 2. The maximum absolute atomic E-state index is 5.44. The summed E-state index contributed by atoms with van der Waals surface area (Å²) < 4.78 is 1.86. The van der Waals surface area contributed by atoms with Crippen molar-refractivity contribution < 1.29 is 0 Å². The second-order valence-corrected chi connectivity index (χ2v) is 6.08. The number of hydrogen-bond acceptors (Lipinski definition) is 7. The maximum atomic E-state index is 5.44. The summed E-state index contributed by atoms with van der Waals surface area (Å²) in [5.74, 6) is 6.63. The number of nitrogen functional groups attached to an aromatic ring is 1. The molecular formula is C13H17N7S. The molecule has 3 heterocycles. The van der Waals surface area contributed by atoms with Crippen LogP contribution in [0.25, 0.3) is 10.2 Å². The van der Waals surface area contributed by atoms with Gasteiger partial charge in [-0.1, -0.05) is 0 Å². The molecule has 0 aliphatic rings. The summed E-state index contributed by atoms with van der Waals surface area (Å²) in [6.45, 7) is 4.75. The Morgan fingerprint density at radius 1 is 1.33 bits per heavy atom. The van der Waals surface area contributed by atoms with Gasteiger partial charge in [0.1, 0.15) is 10.6 Å². The van der Waals surface area contributed by atoms with Gasteiger partial charge in [-0.15, -0.1) is 11.3 Å². The second-order valence-electron chi connectivity index (χ2n) is 4.85. The number of rotatable bonds is 4. The Kier molecular flexibility index (Phi) is 3.48. The molecule has 0 saturated heterocycles. The molecule has 0 atom stereocenters. The van der Waals surface area contributed by atoms with Crippen LogP contribution in [0.4, 0.5) is 11.8 Å². The molecule has 7 nitrogen and oxygen atoms in total. The molecule has 110 valence electrons. The molecule has 0 amide bonds. The fourth-order valence-electron chi connectivity index (χ4n) is 2.14. The zero-order valence-electron chi connectivity index (χ0n) is 12.1. The highest BCUT2D eigenvalue weighted by molar-refractivity contribution is 7.18. The number of nitrogens with one attached hydrogen (secondary N) is 2. The number of nitrogens with zero attached hydrogens (tertiary/aromatic N) is 4. The third-order valence-electron chi connectivity index (χ3n) is 3.43. The van der Waals surface area contributed by atoms with E-state index in [1.165, 1.54) is 4.88 Å². The molecule has 3 aromatic rings. The Morgan fingerprint density at radius 2 is 2.14 bits per heavy atom. The van der Waals surface area contributed by atoms with Crippen LogP contribution in [-0.2, 0) is 13.6 Å². The molecule has 0 aliphatic carbocycles. The van der Waals surface area contributed by atoms with Gasteiger partial charge in [-0.3, -0.25) is 10.1 Å². The zero-order chi connectivity index (χ0) is 15.0. The monoisotopic (exact) mass is 303 g/mol. The Hall–Kier alpha value is -2.19. The molecule has 21 heavy (non-hydrogen) atoms. The average Bonchev–Trinajstić information content (AvgIpc) is 2.99. The van der Waals surface area contributed by atoms with Crippen LogP contribution in [0.15, 0.2) is 12.3 Å². The number of hydrogen-bond donors (Lipinski definition) is 3. The van der Waals surface area contributed by atoms with E-state index in [-0.39, 0.29) is 0 Å². The first kappa shape index (κ1) is 13.8. The molecule has 4 N–H and O–H groups in total. The van der Waals surface area contributed by atoms with E-state index >= 15 is 0 Å². The van der Waals surface area contributed by atoms with E-state index in [9.17, 15) is 0 Å². The van der Waals surface area contributed by atoms with Crippen LogP contribution in [-0.4, -0.2) is 19.7 Å². The Morgan fingerprint density at radius 3 is 2.81 bits per heavy atom. The maximum Gasteiger partial charge on any atom is 0.240 e. The van der Waals surface area contributed by atoms with Crippen LogP contribution in [0.1, 0.15) is 16.1 Å². The van der Waals surface area contributed by atoms with E-state index in [0.29, 0.717) is 12.5 Å². The van der Waals surface area contributed by atoms with Crippen molar-refractivity contribution in [3.63, 3.8) is 0 Å². The van der Waals surface area contributed by atoms with Crippen molar-refractivity contribution >= 4 is 33.3 Å². The predicted octanol–water partition coefficient (Wildman–Crippen LogP) is 1.94. The molecule has 3 rings (SSSR count). The molecule has 0 aromatic carbocycles. The lowest BCUT2D eigenvalue weighted by Gasteiger charge is -2.08. The minimum atomic E-state index is 0.412. The summed E-state index contributed by atoms with van der Waals surface area (Å²) >= 11 is 1.62. The van der Waals surface area contributed by atoms with Crippen LogP contribution in [0, 0.1) is 13.8 Å². The highest BCUT2D eigenvalue weighted by atomic mass is 32.1. The van der Waals surface area contributed by atoms with Crippen LogP contribution >= 0.6 is 11.3 Å². The van der Waals surface area contributed by atoms with E-state index in [1.54, 1.807) is 11.3 Å². The molecule has 0 spiro atoms. The highest BCUT2D eigenvalue weighted by Gasteiger charge is 2.11. The summed E-state index contributed by atoms with van der Waals surface area (Å²) in [6, 6.07) is 2.08. The van der Waals surface area contributed by atoms with Gasteiger partial charge in [0.15, 0.2) is 0 Å². The van der Waals surface area contributed by atoms with Crippen molar-refractivity contribution in [3.05, 3.63) is 28.4 Å². The molecule has 8 heteroatoms. The van der Waals surface area contributed by atoms with E-state index < -0.39 is 0 Å². The normalized spacial score (nSPS) is 11.0. The summed E-state index contributed by atoms with van der Waals surface area (Å²) in [4.78, 5) is 10.9. The van der Waals surface area contributed by atoms with Gasteiger partial charge < -0.3 is 5.32 Å². The minimum absolute atomic E-state index is 0.412. The van der Waals surface area contributed by atoms with E-state index in [1.807, 2.05) is 24.9 Å². The minimum Gasteiger partial charge on any atom is -0.365 e. The molecule has 0 fully saturated rings. The fraction of sp³-hybridized carbons (Fsp3) is 0.308. The molecular weight excluding hydrogens is 286 g/mol. The van der Waals surface area contributed by atoms with Crippen LogP contribution in [0.5, 0.6) is 0 Å². The van der Waals surface area contributed by atoms with Crippen molar-refractivity contribution in [1.82, 2.24) is 19.7 Å². The van der Waals surface area contributed by atoms with Gasteiger partial charge in [0.2, 0.25) is 5.95 Å². The smallest absolute Gasteiger partial charge is 0.240 e. The lowest BCUT2D eigenvalue weighted by molar-refractivity contribution is 0.738. The zero-order valence-corrected chi connectivity index (χ0v) is 13.0. The van der Waals surface area contributed by atoms with Crippen molar-refractivity contribution in [2.75, 3.05) is 10.7 Å². The number of nitrogens with two attached hydrogens (primary N) is 1. The standard InChI is InChI=1S/C13H17N7S/c1-7-4-10-11(17-13(19-14)18-12(10)21-7)15-5-9-6-16-20(3)8(9)2/h4,6H,5,14H2,1-3H3,(H2,15,17,18,19). The van der Waals surface area contributed by atoms with E-state index in [4.69, 9.17) is 5.84 Å². The second kappa shape index (κ2) is 5.30. The fourth-order valence-corrected chi connectivity index (χ4v) is 3.02.